The highest BCUT2D eigenvalue weighted by molar-refractivity contribution is 5.98. The first-order valence-electron chi connectivity index (χ1n) is 5.21. The molecule has 0 radical (unpaired) electrons. The molecule has 0 amide bonds. The van der Waals surface area contributed by atoms with Crippen LogP contribution in [0, 0.1) is 5.41 Å². The van der Waals surface area contributed by atoms with E-state index in [9.17, 15) is 9.59 Å². The zero-order valence-corrected chi connectivity index (χ0v) is 9.84. The number of rotatable bonds is 5. The Hall–Kier alpha value is -1.91. The molecule has 1 atom stereocenters. The van der Waals surface area contributed by atoms with Gasteiger partial charge in [-0.05, 0) is 31.4 Å². The molecule has 0 aromatic carbocycles. The second-order valence-corrected chi connectivity index (χ2v) is 3.99. The first-order valence-corrected chi connectivity index (χ1v) is 5.21. The normalized spacial score (nSPS) is 13.8. The maximum atomic E-state index is 11.5. The predicted octanol–water partition coefficient (Wildman–Crippen LogP) is 1.28. The molecule has 1 N–H and O–H groups in total. The molecular formula is C12H15NO4. The van der Waals surface area contributed by atoms with Gasteiger partial charge >= 0.3 is 11.9 Å². The average molecular weight is 237 g/mol. The first-order chi connectivity index (χ1) is 8.00. The summed E-state index contributed by atoms with van der Waals surface area (Å²) in [6.07, 6.45) is 3.94. The maximum absolute atomic E-state index is 11.5. The Balaban J connectivity index is 2.76. The Kier molecular flexibility index (Phi) is 4.20. The topological polar surface area (TPSA) is 76.5 Å². The van der Waals surface area contributed by atoms with Crippen molar-refractivity contribution in [3.63, 3.8) is 0 Å². The number of carbonyl (C=O) groups excluding carboxylic acids is 1. The highest BCUT2D eigenvalue weighted by Gasteiger charge is 2.42. The summed E-state index contributed by atoms with van der Waals surface area (Å²) in [5.41, 5.74) is -0.617. The summed E-state index contributed by atoms with van der Waals surface area (Å²) in [5, 5.41) is 9.10. The smallest absolute Gasteiger partial charge is 0.322 e. The van der Waals surface area contributed by atoms with Crippen molar-refractivity contribution >= 4 is 11.9 Å². The van der Waals surface area contributed by atoms with Gasteiger partial charge in [-0.3, -0.25) is 14.6 Å². The summed E-state index contributed by atoms with van der Waals surface area (Å²) in [5.74, 6) is -1.90. The molecular weight excluding hydrogens is 222 g/mol. The van der Waals surface area contributed by atoms with E-state index in [1.807, 2.05) is 6.07 Å². The molecule has 17 heavy (non-hydrogen) atoms. The second-order valence-electron chi connectivity index (χ2n) is 3.99. The largest absolute Gasteiger partial charge is 0.480 e. The molecule has 1 unspecified atom stereocenters. The van der Waals surface area contributed by atoms with Crippen LogP contribution in [0.15, 0.2) is 24.5 Å². The van der Waals surface area contributed by atoms with Gasteiger partial charge in [0, 0.05) is 12.4 Å². The number of aromatic nitrogens is 1. The average Bonchev–Trinajstić information content (AvgIpc) is 2.35. The van der Waals surface area contributed by atoms with Gasteiger partial charge in [-0.15, -0.1) is 0 Å². The van der Waals surface area contributed by atoms with Crippen LogP contribution in [-0.2, 0) is 20.7 Å². The second kappa shape index (κ2) is 5.43. The molecule has 1 rings (SSSR count). The number of nitrogens with zero attached hydrogens (tertiary/aromatic N) is 1. The number of hydrogen-bond donors (Lipinski definition) is 1. The number of carboxylic acids is 1. The lowest BCUT2D eigenvalue weighted by molar-refractivity contribution is -0.166. The summed E-state index contributed by atoms with van der Waals surface area (Å²) in [7, 11) is 1.19. The molecule has 0 aliphatic carbocycles. The van der Waals surface area contributed by atoms with Crippen LogP contribution in [0.1, 0.15) is 18.9 Å². The van der Waals surface area contributed by atoms with Crippen LogP contribution in [-0.4, -0.2) is 29.1 Å². The number of esters is 1. The van der Waals surface area contributed by atoms with E-state index in [1.165, 1.54) is 14.0 Å². The van der Waals surface area contributed by atoms with Crippen molar-refractivity contribution in [3.8, 4) is 0 Å². The molecule has 5 nitrogen and oxygen atoms in total. The van der Waals surface area contributed by atoms with Gasteiger partial charge in [0.25, 0.3) is 0 Å². The van der Waals surface area contributed by atoms with Crippen LogP contribution in [0.3, 0.4) is 0 Å². The highest BCUT2D eigenvalue weighted by atomic mass is 16.5. The van der Waals surface area contributed by atoms with Gasteiger partial charge in [-0.1, -0.05) is 6.07 Å². The van der Waals surface area contributed by atoms with Crippen LogP contribution < -0.4 is 0 Å². The fourth-order valence-electron chi connectivity index (χ4n) is 1.46. The van der Waals surface area contributed by atoms with Crippen molar-refractivity contribution in [2.75, 3.05) is 7.11 Å². The molecule has 0 aliphatic heterocycles. The predicted molar refractivity (Wildman–Crippen MR) is 60.3 cm³/mol. The molecule has 0 saturated carbocycles. The minimum Gasteiger partial charge on any atom is -0.480 e. The van der Waals surface area contributed by atoms with E-state index < -0.39 is 17.4 Å². The van der Waals surface area contributed by atoms with Crippen LogP contribution >= 0.6 is 0 Å². The lowest BCUT2D eigenvalue weighted by Gasteiger charge is -2.21. The van der Waals surface area contributed by atoms with E-state index >= 15 is 0 Å². The Morgan fingerprint density at radius 3 is 2.71 bits per heavy atom. The van der Waals surface area contributed by atoms with Crippen molar-refractivity contribution in [1.29, 1.82) is 0 Å². The lowest BCUT2D eigenvalue weighted by atomic mass is 9.84. The van der Waals surface area contributed by atoms with Crippen LogP contribution in [0.2, 0.25) is 0 Å². The van der Waals surface area contributed by atoms with E-state index in [0.29, 0.717) is 6.42 Å². The summed E-state index contributed by atoms with van der Waals surface area (Å²) < 4.78 is 4.53. The number of pyridine rings is 1. The molecule has 0 saturated heterocycles. The Morgan fingerprint density at radius 1 is 1.53 bits per heavy atom. The molecule has 92 valence electrons. The molecule has 1 aromatic rings. The maximum Gasteiger partial charge on any atom is 0.322 e. The van der Waals surface area contributed by atoms with E-state index in [2.05, 4.69) is 9.72 Å². The van der Waals surface area contributed by atoms with Gasteiger partial charge in [0.1, 0.15) is 0 Å². The lowest BCUT2D eigenvalue weighted by Crippen LogP contribution is -2.37. The Bertz CT molecular complexity index is 404. The summed E-state index contributed by atoms with van der Waals surface area (Å²) in [6.45, 7) is 1.37. The fraction of sp³-hybridized carbons (Fsp3) is 0.417. The van der Waals surface area contributed by atoms with E-state index in [-0.39, 0.29) is 6.42 Å². The Morgan fingerprint density at radius 2 is 2.24 bits per heavy atom. The van der Waals surface area contributed by atoms with Gasteiger partial charge in [-0.2, -0.15) is 0 Å². The number of aliphatic carboxylic acids is 1. The molecule has 0 fully saturated rings. The SMILES string of the molecule is COC(=O)C(C)(CCc1cccnc1)C(=O)O. The van der Waals surface area contributed by atoms with Crippen molar-refractivity contribution in [1.82, 2.24) is 4.98 Å². The van der Waals surface area contributed by atoms with Gasteiger partial charge in [-0.25, -0.2) is 0 Å². The minimum atomic E-state index is -1.51. The zero-order valence-electron chi connectivity index (χ0n) is 9.84. The standard InChI is InChI=1S/C12H15NO4/c1-12(10(14)15,11(16)17-2)6-5-9-4-3-7-13-8-9/h3-4,7-8H,5-6H2,1-2H3,(H,14,15). The van der Waals surface area contributed by atoms with E-state index in [1.54, 1.807) is 18.5 Å². The number of methoxy groups -OCH3 is 1. The molecule has 0 aliphatic rings. The third-order valence-corrected chi connectivity index (χ3v) is 2.74. The van der Waals surface area contributed by atoms with Crippen molar-refractivity contribution in [2.45, 2.75) is 19.8 Å². The molecule has 0 bridgehead atoms. The molecule has 1 heterocycles. The third-order valence-electron chi connectivity index (χ3n) is 2.74. The summed E-state index contributed by atoms with van der Waals surface area (Å²) in [4.78, 5) is 26.5. The summed E-state index contributed by atoms with van der Waals surface area (Å²) in [6, 6.07) is 3.61. The van der Waals surface area contributed by atoms with E-state index in [4.69, 9.17) is 5.11 Å². The molecule has 0 spiro atoms. The third kappa shape index (κ3) is 3.03. The molecule has 1 aromatic heterocycles. The van der Waals surface area contributed by atoms with Gasteiger partial charge in [0.15, 0.2) is 5.41 Å². The van der Waals surface area contributed by atoms with Crippen molar-refractivity contribution in [3.05, 3.63) is 30.1 Å². The monoisotopic (exact) mass is 237 g/mol. The minimum absolute atomic E-state index is 0.181. The van der Waals surface area contributed by atoms with Gasteiger partial charge in [0.2, 0.25) is 0 Å². The quantitative estimate of drug-likeness (QED) is 0.616. The van der Waals surface area contributed by atoms with Crippen molar-refractivity contribution < 1.29 is 19.4 Å². The Labute approximate surface area is 99.4 Å². The highest BCUT2D eigenvalue weighted by Crippen LogP contribution is 2.25. The number of ether oxygens (including phenoxy) is 1. The van der Waals surface area contributed by atoms with Crippen molar-refractivity contribution in [2.24, 2.45) is 5.41 Å². The number of carboxylic acid groups (broad SMARTS) is 1. The number of hydrogen-bond acceptors (Lipinski definition) is 4. The van der Waals surface area contributed by atoms with Crippen LogP contribution in [0.25, 0.3) is 0 Å². The molecule has 5 heteroatoms. The first kappa shape index (κ1) is 13.2. The number of aryl methyl sites for hydroxylation is 1. The number of carbonyl (C=O) groups is 2. The van der Waals surface area contributed by atoms with Gasteiger partial charge in [0.05, 0.1) is 7.11 Å². The van der Waals surface area contributed by atoms with Crippen LogP contribution in [0.4, 0.5) is 0 Å². The summed E-state index contributed by atoms with van der Waals surface area (Å²) >= 11 is 0. The van der Waals surface area contributed by atoms with Crippen LogP contribution in [0.5, 0.6) is 0 Å². The zero-order chi connectivity index (χ0) is 12.9. The fourth-order valence-corrected chi connectivity index (χ4v) is 1.46. The van der Waals surface area contributed by atoms with Gasteiger partial charge < -0.3 is 9.84 Å². The van der Waals surface area contributed by atoms with E-state index in [0.717, 1.165) is 5.56 Å².